The maximum absolute atomic E-state index is 8.89. The molecule has 1 aliphatic rings. The topological polar surface area (TPSA) is 40.1 Å². The van der Waals surface area contributed by atoms with Gasteiger partial charge in [-0.2, -0.15) is 0 Å². The molecule has 1 heterocycles. The van der Waals surface area contributed by atoms with Crippen molar-refractivity contribution in [2.45, 2.75) is 59.3 Å². The molecule has 0 radical (unpaired) electrons. The summed E-state index contributed by atoms with van der Waals surface area (Å²) < 4.78 is 1.46. The van der Waals surface area contributed by atoms with Crippen LogP contribution in [0, 0.1) is 0 Å². The summed E-state index contributed by atoms with van der Waals surface area (Å²) in [6.45, 7) is 11.5. The fourth-order valence-electron chi connectivity index (χ4n) is 2.55. The summed E-state index contributed by atoms with van der Waals surface area (Å²) in [6.07, 6.45) is 8.56. The predicted octanol–water partition coefficient (Wildman–Crippen LogP) is 1.95. The van der Waals surface area contributed by atoms with Gasteiger partial charge in [0.25, 0.3) is 0 Å². The van der Waals surface area contributed by atoms with Gasteiger partial charge in [-0.05, 0) is 19.8 Å². The Hall–Kier alpha value is -0.570. The Balaban J connectivity index is 0.000000557. The van der Waals surface area contributed by atoms with Crippen LogP contribution >= 0.6 is 0 Å². The Morgan fingerprint density at radius 1 is 1.06 bits per heavy atom. The summed E-state index contributed by atoms with van der Waals surface area (Å²) in [4.78, 5) is 8.89. The van der Waals surface area contributed by atoms with Crippen LogP contribution < -0.4 is 5.11 Å². The highest BCUT2D eigenvalue weighted by Gasteiger charge is 2.29. The highest BCUT2D eigenvalue weighted by atomic mass is 16.4. The van der Waals surface area contributed by atoms with Gasteiger partial charge in [0.15, 0.2) is 0 Å². The van der Waals surface area contributed by atoms with E-state index in [9.17, 15) is 0 Å². The van der Waals surface area contributed by atoms with E-state index in [1.807, 2.05) is 0 Å². The molecular weight excluding hydrogens is 214 g/mol. The van der Waals surface area contributed by atoms with Crippen LogP contribution in [0.3, 0.4) is 0 Å². The first-order chi connectivity index (χ1) is 8.06. The Kier molecular flexibility index (Phi) is 9.14. The Morgan fingerprint density at radius 3 is 1.71 bits per heavy atom. The average molecular weight is 243 g/mol. The molecule has 0 bridgehead atoms. The monoisotopic (exact) mass is 243 g/mol. The van der Waals surface area contributed by atoms with Crippen LogP contribution in [-0.2, 0) is 4.79 Å². The van der Waals surface area contributed by atoms with Gasteiger partial charge < -0.3 is 14.4 Å². The third-order valence-corrected chi connectivity index (χ3v) is 3.49. The molecule has 1 saturated heterocycles. The van der Waals surface area contributed by atoms with Gasteiger partial charge in [0.05, 0.1) is 26.2 Å². The van der Waals surface area contributed by atoms with Crippen molar-refractivity contribution in [3.8, 4) is 0 Å². The SMILES string of the molecule is CC(=O)[O-].CCCC[N+]1(CCCC)CCCC1. The molecule has 0 atom stereocenters. The first-order valence-electron chi connectivity index (χ1n) is 7.09. The second kappa shape index (κ2) is 9.46. The minimum Gasteiger partial charge on any atom is -0.550 e. The van der Waals surface area contributed by atoms with Crippen LogP contribution in [0.1, 0.15) is 59.3 Å². The first-order valence-corrected chi connectivity index (χ1v) is 7.09. The number of hydrogen-bond acceptors (Lipinski definition) is 2. The molecule has 0 aliphatic carbocycles. The van der Waals surface area contributed by atoms with Crippen LogP contribution in [0.2, 0.25) is 0 Å². The number of likely N-dealkylation sites (tertiary alicyclic amines) is 1. The minimum absolute atomic E-state index is 0.972. The molecule has 0 aromatic carbocycles. The van der Waals surface area contributed by atoms with E-state index in [4.69, 9.17) is 9.90 Å². The van der Waals surface area contributed by atoms with E-state index in [1.54, 1.807) is 0 Å². The average Bonchev–Trinajstić information content (AvgIpc) is 2.72. The molecule has 0 saturated carbocycles. The number of nitrogens with zero attached hydrogens (tertiary/aromatic N) is 1. The zero-order chi connectivity index (χ0) is 13.1. The van der Waals surface area contributed by atoms with E-state index in [-0.39, 0.29) is 0 Å². The van der Waals surface area contributed by atoms with Crippen molar-refractivity contribution >= 4 is 5.97 Å². The number of carboxylic acid groups (broad SMARTS) is 1. The van der Waals surface area contributed by atoms with E-state index in [0.29, 0.717) is 0 Å². The zero-order valence-corrected chi connectivity index (χ0v) is 11.8. The van der Waals surface area contributed by atoms with E-state index < -0.39 is 5.97 Å². The number of quaternary nitrogens is 1. The molecule has 3 nitrogen and oxygen atoms in total. The summed E-state index contributed by atoms with van der Waals surface area (Å²) >= 11 is 0. The number of rotatable bonds is 6. The molecule has 1 rings (SSSR count). The lowest BCUT2D eigenvalue weighted by atomic mass is 10.2. The van der Waals surface area contributed by atoms with Crippen molar-refractivity contribution in [2.75, 3.05) is 26.2 Å². The molecule has 1 fully saturated rings. The Labute approximate surface area is 106 Å². The number of carboxylic acids is 1. The highest BCUT2D eigenvalue weighted by Crippen LogP contribution is 2.21. The van der Waals surface area contributed by atoms with Gasteiger partial charge in [0.1, 0.15) is 0 Å². The summed E-state index contributed by atoms with van der Waals surface area (Å²) in [5.74, 6) is -1.08. The lowest BCUT2D eigenvalue weighted by Crippen LogP contribution is -2.46. The van der Waals surface area contributed by atoms with Crippen LogP contribution in [0.5, 0.6) is 0 Å². The molecular formula is C14H29NO2. The lowest BCUT2D eigenvalue weighted by molar-refractivity contribution is -0.917. The molecule has 17 heavy (non-hydrogen) atoms. The summed E-state index contributed by atoms with van der Waals surface area (Å²) in [5.41, 5.74) is 0. The number of carbonyl (C=O) groups excluding carboxylic acids is 1. The van der Waals surface area contributed by atoms with Crippen molar-refractivity contribution in [3.63, 3.8) is 0 Å². The molecule has 0 N–H and O–H groups in total. The first kappa shape index (κ1) is 16.4. The zero-order valence-electron chi connectivity index (χ0n) is 11.8. The number of aliphatic carboxylic acids is 1. The van der Waals surface area contributed by atoms with Crippen LogP contribution in [0.15, 0.2) is 0 Å². The summed E-state index contributed by atoms with van der Waals surface area (Å²) in [5, 5.41) is 8.89. The second-order valence-electron chi connectivity index (χ2n) is 5.14. The van der Waals surface area contributed by atoms with Crippen molar-refractivity contribution in [3.05, 3.63) is 0 Å². The van der Waals surface area contributed by atoms with Crippen molar-refractivity contribution in [1.29, 1.82) is 0 Å². The Bertz CT molecular complexity index is 184. The van der Waals surface area contributed by atoms with E-state index in [1.165, 1.54) is 69.2 Å². The lowest BCUT2D eigenvalue weighted by Gasteiger charge is -2.34. The highest BCUT2D eigenvalue weighted by molar-refractivity contribution is 5.60. The van der Waals surface area contributed by atoms with E-state index in [0.717, 1.165) is 6.92 Å². The molecule has 0 aromatic heterocycles. The van der Waals surface area contributed by atoms with Crippen LogP contribution in [0.25, 0.3) is 0 Å². The summed E-state index contributed by atoms with van der Waals surface area (Å²) in [6, 6.07) is 0. The van der Waals surface area contributed by atoms with Gasteiger partial charge in [-0.25, -0.2) is 0 Å². The Morgan fingerprint density at radius 2 is 1.41 bits per heavy atom. The fourth-order valence-corrected chi connectivity index (χ4v) is 2.55. The predicted molar refractivity (Wildman–Crippen MR) is 69.5 cm³/mol. The fraction of sp³-hybridized carbons (Fsp3) is 0.929. The van der Waals surface area contributed by atoms with E-state index >= 15 is 0 Å². The molecule has 0 amide bonds. The van der Waals surface area contributed by atoms with Crippen molar-refractivity contribution in [1.82, 2.24) is 0 Å². The third kappa shape index (κ3) is 8.19. The second-order valence-corrected chi connectivity index (χ2v) is 5.14. The standard InChI is InChI=1S/C12H26N.C2H4O2/c1-3-5-9-13(10-6-4-2)11-7-8-12-13;1-2(3)4/h3-12H2,1-2H3;1H3,(H,3,4)/q+1;/p-1. The van der Waals surface area contributed by atoms with Crippen LogP contribution in [0.4, 0.5) is 0 Å². The quantitative estimate of drug-likeness (QED) is 0.669. The van der Waals surface area contributed by atoms with Gasteiger partial charge in [-0.1, -0.05) is 26.7 Å². The molecule has 102 valence electrons. The van der Waals surface area contributed by atoms with Crippen LogP contribution in [-0.4, -0.2) is 36.6 Å². The van der Waals surface area contributed by atoms with Crippen molar-refractivity contribution in [2.24, 2.45) is 0 Å². The minimum atomic E-state index is -1.08. The molecule has 1 aliphatic heterocycles. The molecule has 0 aromatic rings. The van der Waals surface area contributed by atoms with Gasteiger partial charge in [-0.15, -0.1) is 0 Å². The third-order valence-electron chi connectivity index (χ3n) is 3.49. The van der Waals surface area contributed by atoms with Gasteiger partial charge >= 0.3 is 0 Å². The largest absolute Gasteiger partial charge is 0.550 e. The normalized spacial score (nSPS) is 17.4. The number of carbonyl (C=O) groups is 1. The summed E-state index contributed by atoms with van der Waals surface area (Å²) in [7, 11) is 0. The molecule has 3 heteroatoms. The maximum atomic E-state index is 8.89. The van der Waals surface area contributed by atoms with E-state index in [2.05, 4.69) is 13.8 Å². The van der Waals surface area contributed by atoms with Gasteiger partial charge in [0, 0.05) is 18.8 Å². The smallest absolute Gasteiger partial charge is 0.0788 e. The van der Waals surface area contributed by atoms with Crippen molar-refractivity contribution < 1.29 is 14.4 Å². The van der Waals surface area contributed by atoms with Gasteiger partial charge in [0.2, 0.25) is 0 Å². The number of hydrogen-bond donors (Lipinski definition) is 0. The maximum Gasteiger partial charge on any atom is 0.0788 e. The molecule has 0 unspecified atom stereocenters. The number of unbranched alkanes of at least 4 members (excludes halogenated alkanes) is 2. The van der Waals surface area contributed by atoms with Gasteiger partial charge in [-0.3, -0.25) is 0 Å². The molecule has 0 spiro atoms.